The number of aromatic amines is 1. The molecule has 3 heterocycles. The van der Waals surface area contributed by atoms with Crippen molar-refractivity contribution in [3.05, 3.63) is 52.8 Å². The van der Waals surface area contributed by atoms with Gasteiger partial charge in [-0.25, -0.2) is 4.79 Å². The summed E-state index contributed by atoms with van der Waals surface area (Å²) in [5, 5.41) is 17.1. The largest absolute Gasteiger partial charge is 0.416 e. The third-order valence-electron chi connectivity index (χ3n) is 6.37. The molecule has 2 saturated heterocycles. The van der Waals surface area contributed by atoms with Crippen molar-refractivity contribution in [3.8, 4) is 0 Å². The van der Waals surface area contributed by atoms with Crippen LogP contribution in [0.3, 0.4) is 0 Å². The molecular weight excluding hydrogens is 421 g/mol. The van der Waals surface area contributed by atoms with E-state index in [1.54, 1.807) is 9.80 Å². The summed E-state index contributed by atoms with van der Waals surface area (Å²) in [5.41, 5.74) is 1.82. The number of β-amino-alcohol motifs (C(OH)–C–C–N with tert-alkyl or cyclic N) is 1. The van der Waals surface area contributed by atoms with Crippen LogP contribution in [0.15, 0.2) is 30.3 Å². The molecule has 2 amide bonds. The molecule has 0 aliphatic carbocycles. The summed E-state index contributed by atoms with van der Waals surface area (Å²) in [6, 6.07) is 7.11. The summed E-state index contributed by atoms with van der Waals surface area (Å²) in [6.07, 6.45) is -4.18. The van der Waals surface area contributed by atoms with Crippen LogP contribution >= 0.6 is 0 Å². The molecule has 2 unspecified atom stereocenters. The Balaban J connectivity index is 1.59. The molecule has 2 aliphatic rings. The van der Waals surface area contributed by atoms with Crippen molar-refractivity contribution in [3.63, 3.8) is 0 Å². The highest BCUT2D eigenvalue weighted by molar-refractivity contribution is 5.75. The number of nitrogens with zero attached hydrogens (tertiary/aromatic N) is 3. The third kappa shape index (κ3) is 4.62. The lowest BCUT2D eigenvalue weighted by atomic mass is 9.82. The standard InChI is InChI=1S/C23H29F3N4O2/c1-22(2,3)20-9-19(27-28-20)16-8-15(14-4-6-17(7-5-14)23(24,25)26)10-29(11-16)21(32)30-12-18(31)13-30/h4-7,9,15-16,18,31H,8,10-13H2,1-3H3,(H,27,28). The average molecular weight is 451 g/mol. The van der Waals surface area contributed by atoms with Gasteiger partial charge in [0, 0.05) is 36.0 Å². The van der Waals surface area contributed by atoms with Crippen LogP contribution in [0.2, 0.25) is 0 Å². The number of likely N-dealkylation sites (tertiary alicyclic amines) is 2. The van der Waals surface area contributed by atoms with E-state index in [4.69, 9.17) is 0 Å². The highest BCUT2D eigenvalue weighted by Crippen LogP contribution is 2.38. The SMILES string of the molecule is CC(C)(C)c1cc(C2CC(c3ccc(C(F)(F)F)cc3)CN(C(=O)N3CC(O)C3)C2)[nH]n1. The monoisotopic (exact) mass is 450 g/mol. The van der Waals surface area contributed by atoms with Gasteiger partial charge in [0.1, 0.15) is 0 Å². The molecule has 6 nitrogen and oxygen atoms in total. The first kappa shape index (κ1) is 22.6. The summed E-state index contributed by atoms with van der Waals surface area (Å²) in [6.45, 7) is 7.76. The van der Waals surface area contributed by atoms with Crippen molar-refractivity contribution in [2.24, 2.45) is 0 Å². The number of halogens is 3. The predicted molar refractivity (Wildman–Crippen MR) is 113 cm³/mol. The third-order valence-corrected chi connectivity index (χ3v) is 6.37. The molecule has 9 heteroatoms. The van der Waals surface area contributed by atoms with Crippen molar-refractivity contribution in [1.82, 2.24) is 20.0 Å². The molecule has 4 rings (SSSR count). The number of hydrogen-bond donors (Lipinski definition) is 2. The summed E-state index contributed by atoms with van der Waals surface area (Å²) in [4.78, 5) is 16.3. The quantitative estimate of drug-likeness (QED) is 0.724. The zero-order chi connectivity index (χ0) is 23.3. The lowest BCUT2D eigenvalue weighted by Gasteiger charge is -2.44. The van der Waals surface area contributed by atoms with E-state index in [9.17, 15) is 23.1 Å². The Bertz CT molecular complexity index is 959. The van der Waals surface area contributed by atoms with Crippen molar-refractivity contribution >= 4 is 6.03 Å². The van der Waals surface area contributed by atoms with E-state index in [1.807, 2.05) is 6.07 Å². The summed E-state index contributed by atoms with van der Waals surface area (Å²) < 4.78 is 39.0. The molecular formula is C23H29F3N4O2. The molecule has 2 fully saturated rings. The first-order chi connectivity index (χ1) is 14.9. The van der Waals surface area contributed by atoms with Crippen LogP contribution < -0.4 is 0 Å². The van der Waals surface area contributed by atoms with Crippen LogP contribution in [0, 0.1) is 0 Å². The lowest BCUT2D eigenvalue weighted by Crippen LogP contribution is -2.59. The Kier molecular flexibility index (Phi) is 5.73. The van der Waals surface area contributed by atoms with Gasteiger partial charge in [-0.1, -0.05) is 32.9 Å². The van der Waals surface area contributed by atoms with Gasteiger partial charge in [-0.3, -0.25) is 5.10 Å². The van der Waals surface area contributed by atoms with E-state index in [-0.39, 0.29) is 23.3 Å². The van der Waals surface area contributed by atoms with Crippen molar-refractivity contribution in [2.45, 2.75) is 56.7 Å². The van der Waals surface area contributed by atoms with E-state index in [0.29, 0.717) is 32.6 Å². The molecule has 0 bridgehead atoms. The maximum absolute atomic E-state index is 13.0. The minimum atomic E-state index is -4.38. The zero-order valence-electron chi connectivity index (χ0n) is 18.5. The number of urea groups is 1. The molecule has 0 radical (unpaired) electrons. The Morgan fingerprint density at radius 1 is 1.03 bits per heavy atom. The normalized spacial score (nSPS) is 22.7. The molecule has 2 atom stereocenters. The van der Waals surface area contributed by atoms with Gasteiger partial charge in [0.15, 0.2) is 0 Å². The summed E-state index contributed by atoms with van der Waals surface area (Å²) in [5.74, 6) is -0.123. The number of aliphatic hydroxyl groups excluding tert-OH is 1. The summed E-state index contributed by atoms with van der Waals surface area (Å²) in [7, 11) is 0. The van der Waals surface area contributed by atoms with E-state index in [0.717, 1.165) is 29.1 Å². The lowest BCUT2D eigenvalue weighted by molar-refractivity contribution is -0.137. The molecule has 2 aliphatic heterocycles. The smallest absolute Gasteiger partial charge is 0.389 e. The number of H-pyrrole nitrogens is 1. The first-order valence-electron chi connectivity index (χ1n) is 10.9. The van der Waals surface area contributed by atoms with Crippen molar-refractivity contribution in [1.29, 1.82) is 0 Å². The minimum absolute atomic E-state index is 0.0187. The number of amides is 2. The van der Waals surface area contributed by atoms with Gasteiger partial charge in [-0.05, 0) is 30.2 Å². The molecule has 174 valence electrons. The van der Waals surface area contributed by atoms with Crippen LogP contribution in [-0.4, -0.2) is 63.4 Å². The highest BCUT2D eigenvalue weighted by Gasteiger charge is 2.38. The molecule has 2 N–H and O–H groups in total. The average Bonchev–Trinajstić information content (AvgIpc) is 3.21. The topological polar surface area (TPSA) is 72.5 Å². The van der Waals surface area contributed by atoms with Gasteiger partial charge in [-0.15, -0.1) is 0 Å². The van der Waals surface area contributed by atoms with Gasteiger partial charge in [0.05, 0.1) is 30.5 Å². The second-order valence-corrected chi connectivity index (χ2v) is 9.95. The van der Waals surface area contributed by atoms with Crippen molar-refractivity contribution in [2.75, 3.05) is 26.2 Å². The number of carbonyl (C=O) groups is 1. The molecule has 32 heavy (non-hydrogen) atoms. The van der Waals surface area contributed by atoms with Gasteiger partial charge >= 0.3 is 12.2 Å². The number of nitrogens with one attached hydrogen (secondary N) is 1. The van der Waals surface area contributed by atoms with Crippen LogP contribution in [0.4, 0.5) is 18.0 Å². The molecule has 1 aromatic heterocycles. The fraction of sp³-hybridized carbons (Fsp3) is 0.565. The van der Waals surface area contributed by atoms with E-state index >= 15 is 0 Å². The van der Waals surface area contributed by atoms with Gasteiger partial charge in [-0.2, -0.15) is 18.3 Å². The number of aromatic nitrogens is 2. The molecule has 1 aromatic carbocycles. The maximum atomic E-state index is 13.0. The van der Waals surface area contributed by atoms with E-state index < -0.39 is 17.8 Å². The van der Waals surface area contributed by atoms with Gasteiger partial charge in [0.2, 0.25) is 0 Å². The van der Waals surface area contributed by atoms with Gasteiger partial charge in [0.25, 0.3) is 0 Å². The Hall–Kier alpha value is -2.55. The van der Waals surface area contributed by atoms with E-state index in [2.05, 4.69) is 31.0 Å². The number of benzene rings is 1. The fourth-order valence-electron chi connectivity index (χ4n) is 4.41. The maximum Gasteiger partial charge on any atom is 0.416 e. The number of aliphatic hydroxyl groups is 1. The van der Waals surface area contributed by atoms with Crippen LogP contribution in [0.25, 0.3) is 0 Å². The van der Waals surface area contributed by atoms with E-state index in [1.165, 1.54) is 12.1 Å². The van der Waals surface area contributed by atoms with Gasteiger partial charge < -0.3 is 14.9 Å². The second kappa shape index (κ2) is 8.10. The number of piperidine rings is 1. The number of alkyl halides is 3. The molecule has 0 spiro atoms. The Morgan fingerprint density at radius 3 is 2.16 bits per heavy atom. The minimum Gasteiger partial charge on any atom is -0.389 e. The number of carbonyl (C=O) groups excluding carboxylic acids is 1. The molecule has 2 aromatic rings. The number of hydrogen-bond acceptors (Lipinski definition) is 3. The summed E-state index contributed by atoms with van der Waals surface area (Å²) >= 11 is 0. The molecule has 0 saturated carbocycles. The Labute approximate surface area is 185 Å². The predicted octanol–water partition coefficient (Wildman–Crippen LogP) is 4.10. The highest BCUT2D eigenvalue weighted by atomic mass is 19.4. The Morgan fingerprint density at radius 2 is 1.62 bits per heavy atom. The number of rotatable bonds is 2. The zero-order valence-corrected chi connectivity index (χ0v) is 18.5. The van der Waals surface area contributed by atoms with Crippen LogP contribution in [0.5, 0.6) is 0 Å². The van der Waals surface area contributed by atoms with Crippen LogP contribution in [-0.2, 0) is 11.6 Å². The van der Waals surface area contributed by atoms with Crippen LogP contribution in [0.1, 0.15) is 61.5 Å². The first-order valence-corrected chi connectivity index (χ1v) is 10.9. The fourth-order valence-corrected chi connectivity index (χ4v) is 4.41. The van der Waals surface area contributed by atoms with Crippen molar-refractivity contribution < 1.29 is 23.1 Å². The second-order valence-electron chi connectivity index (χ2n) is 9.95.